The molecule has 174 valence electrons. The third-order valence-electron chi connectivity index (χ3n) is 5.05. The van der Waals surface area contributed by atoms with E-state index in [2.05, 4.69) is 44.9 Å². The van der Waals surface area contributed by atoms with Crippen molar-refractivity contribution in [3.8, 4) is 5.75 Å². The van der Waals surface area contributed by atoms with E-state index in [-0.39, 0.29) is 11.7 Å². The van der Waals surface area contributed by atoms with Crippen molar-refractivity contribution in [3.05, 3.63) is 76.5 Å². The summed E-state index contributed by atoms with van der Waals surface area (Å²) >= 11 is 4.85. The van der Waals surface area contributed by atoms with Gasteiger partial charge < -0.3 is 14.6 Å². The van der Waals surface area contributed by atoms with Crippen LogP contribution < -0.4 is 10.1 Å². The second-order valence-corrected chi connectivity index (χ2v) is 9.37. The van der Waals surface area contributed by atoms with E-state index in [0.29, 0.717) is 18.3 Å². The Balaban J connectivity index is 1.54. The van der Waals surface area contributed by atoms with Gasteiger partial charge in [-0.15, -0.1) is 16.8 Å². The Morgan fingerprint density at radius 1 is 1.27 bits per heavy atom. The molecule has 1 amide bonds. The van der Waals surface area contributed by atoms with Crippen molar-refractivity contribution in [2.75, 3.05) is 17.7 Å². The van der Waals surface area contributed by atoms with Crippen molar-refractivity contribution < 1.29 is 9.53 Å². The first-order chi connectivity index (χ1) is 16.0. The number of aromatic nitrogens is 3. The number of ether oxygens (including phenoxy) is 1. The number of para-hydroxylation sites is 1. The first-order valence-corrected chi connectivity index (χ1v) is 12.7. The fraction of sp³-hybridized carbons (Fsp3) is 0.320. The molecule has 1 N–H and O–H groups in total. The number of allylic oxidation sites excluding steroid dienone is 1. The van der Waals surface area contributed by atoms with Gasteiger partial charge in [-0.1, -0.05) is 58.9 Å². The number of nitrogens with zero attached hydrogens (tertiary/aromatic N) is 3. The van der Waals surface area contributed by atoms with Crippen molar-refractivity contribution in [2.24, 2.45) is 0 Å². The highest BCUT2D eigenvalue weighted by Gasteiger charge is 2.14. The van der Waals surface area contributed by atoms with Gasteiger partial charge in [-0.25, -0.2) is 0 Å². The molecule has 1 heterocycles. The van der Waals surface area contributed by atoms with Gasteiger partial charge in [0.2, 0.25) is 5.91 Å². The molecule has 3 rings (SSSR count). The topological polar surface area (TPSA) is 69.0 Å². The summed E-state index contributed by atoms with van der Waals surface area (Å²) in [6.45, 7) is 9.13. The smallest absolute Gasteiger partial charge is 0.234 e. The first kappa shape index (κ1) is 25.1. The summed E-state index contributed by atoms with van der Waals surface area (Å²) in [5, 5.41) is 12.4. The van der Waals surface area contributed by atoms with Gasteiger partial charge in [0.25, 0.3) is 0 Å². The molecule has 0 aliphatic heterocycles. The summed E-state index contributed by atoms with van der Waals surface area (Å²) in [6, 6.07) is 13.8. The minimum absolute atomic E-state index is 0.0612. The lowest BCUT2D eigenvalue weighted by Crippen LogP contribution is -2.16. The third kappa shape index (κ3) is 7.20. The van der Waals surface area contributed by atoms with E-state index in [1.54, 1.807) is 0 Å². The third-order valence-corrected chi connectivity index (χ3v) is 6.51. The van der Waals surface area contributed by atoms with Gasteiger partial charge in [-0.2, -0.15) is 0 Å². The number of benzene rings is 2. The molecule has 2 aromatic carbocycles. The predicted molar refractivity (Wildman–Crippen MR) is 138 cm³/mol. The number of aryl methyl sites for hydroxylation is 3. The highest BCUT2D eigenvalue weighted by Crippen LogP contribution is 2.23. The molecule has 6 nitrogen and oxygen atoms in total. The number of anilines is 1. The maximum absolute atomic E-state index is 12.5. The van der Waals surface area contributed by atoms with Crippen LogP contribution in [0.25, 0.3) is 0 Å². The van der Waals surface area contributed by atoms with Crippen LogP contribution in [0.15, 0.2) is 64.7 Å². The number of hydrogen-bond donors (Lipinski definition) is 1. The summed E-state index contributed by atoms with van der Waals surface area (Å²) in [6.07, 6.45) is 4.22. The van der Waals surface area contributed by atoms with Gasteiger partial charge in [0, 0.05) is 23.1 Å². The second kappa shape index (κ2) is 12.6. The zero-order valence-electron chi connectivity index (χ0n) is 19.0. The minimum atomic E-state index is -0.0612. The van der Waals surface area contributed by atoms with Gasteiger partial charge in [-0.05, 0) is 55.2 Å². The van der Waals surface area contributed by atoms with Crippen molar-refractivity contribution >= 4 is 39.3 Å². The average Bonchev–Trinajstić information content (AvgIpc) is 3.18. The first-order valence-electron chi connectivity index (χ1n) is 10.9. The molecule has 33 heavy (non-hydrogen) atoms. The Hall–Kier alpha value is -2.58. The summed E-state index contributed by atoms with van der Waals surface area (Å²) in [7, 11) is 0. The SMILES string of the molecule is C=CCn1c(CCCOc2ccc(Br)cc2C)nnc1SCC(=O)Nc1ccccc1CC. The molecule has 3 aromatic rings. The molecule has 0 unspecified atom stereocenters. The van der Waals surface area contributed by atoms with E-state index in [9.17, 15) is 4.79 Å². The molecule has 8 heteroatoms. The fourth-order valence-corrected chi connectivity index (χ4v) is 4.62. The molecule has 0 radical (unpaired) electrons. The van der Waals surface area contributed by atoms with Gasteiger partial charge in [0.1, 0.15) is 11.6 Å². The Morgan fingerprint density at radius 2 is 2.09 bits per heavy atom. The van der Waals surface area contributed by atoms with Crippen LogP contribution in [0.3, 0.4) is 0 Å². The number of carbonyl (C=O) groups is 1. The molecule has 0 atom stereocenters. The van der Waals surface area contributed by atoms with Gasteiger partial charge >= 0.3 is 0 Å². The maximum atomic E-state index is 12.5. The van der Waals surface area contributed by atoms with Crippen molar-refractivity contribution in [3.63, 3.8) is 0 Å². The quantitative estimate of drug-likeness (QED) is 0.181. The van der Waals surface area contributed by atoms with Crippen molar-refractivity contribution in [1.82, 2.24) is 14.8 Å². The van der Waals surface area contributed by atoms with Gasteiger partial charge in [0.15, 0.2) is 5.16 Å². The summed E-state index contributed by atoms with van der Waals surface area (Å²) in [5.74, 6) is 1.95. The largest absolute Gasteiger partial charge is 0.493 e. The molecule has 0 saturated carbocycles. The molecule has 0 saturated heterocycles. The lowest BCUT2D eigenvalue weighted by molar-refractivity contribution is -0.113. The number of rotatable bonds is 12. The number of halogens is 1. The van der Waals surface area contributed by atoms with Crippen LogP contribution >= 0.6 is 27.7 Å². The normalized spacial score (nSPS) is 10.8. The molecular weight excluding hydrogens is 500 g/mol. The molecule has 0 aliphatic rings. The maximum Gasteiger partial charge on any atom is 0.234 e. The molecule has 1 aromatic heterocycles. The van der Waals surface area contributed by atoms with E-state index in [1.165, 1.54) is 11.8 Å². The Morgan fingerprint density at radius 3 is 2.85 bits per heavy atom. The lowest BCUT2D eigenvalue weighted by atomic mass is 10.1. The van der Waals surface area contributed by atoms with Crippen molar-refractivity contribution in [2.45, 2.75) is 44.8 Å². The van der Waals surface area contributed by atoms with Crippen LogP contribution in [0.1, 0.15) is 30.3 Å². The van der Waals surface area contributed by atoms with E-state index < -0.39 is 0 Å². The van der Waals surface area contributed by atoms with E-state index in [4.69, 9.17) is 4.74 Å². The molecule has 0 fully saturated rings. The standard InChI is InChI=1S/C25H29BrN4O2S/c1-4-14-30-23(11-8-15-32-22-13-12-20(26)16-18(22)3)28-29-25(30)33-17-24(31)27-21-10-7-6-9-19(21)5-2/h4,6-7,9-10,12-13,16H,1,5,8,11,14-15,17H2,2-3H3,(H,27,31). The average molecular weight is 530 g/mol. The molecule has 0 bridgehead atoms. The molecule has 0 aliphatic carbocycles. The van der Waals surface area contributed by atoms with E-state index >= 15 is 0 Å². The zero-order valence-corrected chi connectivity index (χ0v) is 21.4. The molecular formula is C25H29BrN4O2S. The number of nitrogens with one attached hydrogen (secondary N) is 1. The second-order valence-electron chi connectivity index (χ2n) is 7.51. The van der Waals surface area contributed by atoms with Crippen LogP contribution in [0, 0.1) is 6.92 Å². The van der Waals surface area contributed by atoms with Crippen LogP contribution in [0.4, 0.5) is 5.69 Å². The Kier molecular flexibility index (Phi) is 9.57. The predicted octanol–water partition coefficient (Wildman–Crippen LogP) is 5.84. The number of amides is 1. The summed E-state index contributed by atoms with van der Waals surface area (Å²) < 4.78 is 8.97. The Labute approximate surface area is 208 Å². The summed E-state index contributed by atoms with van der Waals surface area (Å²) in [4.78, 5) is 12.5. The van der Waals surface area contributed by atoms with Crippen LogP contribution in [-0.4, -0.2) is 33.0 Å². The zero-order chi connectivity index (χ0) is 23.6. The lowest BCUT2D eigenvalue weighted by Gasteiger charge is -2.11. The number of hydrogen-bond acceptors (Lipinski definition) is 5. The van der Waals surface area contributed by atoms with E-state index in [0.717, 1.165) is 52.1 Å². The number of carbonyl (C=O) groups excluding carboxylic acids is 1. The molecule has 0 spiro atoms. The van der Waals surface area contributed by atoms with Gasteiger partial charge in [-0.3, -0.25) is 4.79 Å². The van der Waals surface area contributed by atoms with E-state index in [1.807, 2.05) is 60.0 Å². The van der Waals surface area contributed by atoms with Crippen LogP contribution in [0.2, 0.25) is 0 Å². The van der Waals surface area contributed by atoms with Crippen LogP contribution in [-0.2, 0) is 24.2 Å². The van der Waals surface area contributed by atoms with Gasteiger partial charge in [0.05, 0.1) is 12.4 Å². The highest BCUT2D eigenvalue weighted by molar-refractivity contribution is 9.10. The summed E-state index contributed by atoms with van der Waals surface area (Å²) in [5.41, 5.74) is 3.08. The van der Waals surface area contributed by atoms with Crippen LogP contribution in [0.5, 0.6) is 5.75 Å². The minimum Gasteiger partial charge on any atom is -0.493 e. The monoisotopic (exact) mass is 528 g/mol. The van der Waals surface area contributed by atoms with Crippen molar-refractivity contribution in [1.29, 1.82) is 0 Å². The Bertz CT molecular complexity index is 1100. The highest BCUT2D eigenvalue weighted by atomic mass is 79.9. The fourth-order valence-electron chi connectivity index (χ4n) is 3.38. The number of thioether (sulfide) groups is 1.